The molecule has 0 saturated carbocycles. The second kappa shape index (κ2) is 3.88. The summed E-state index contributed by atoms with van der Waals surface area (Å²) >= 11 is 0. The van der Waals surface area contributed by atoms with Crippen molar-refractivity contribution in [2.24, 2.45) is 0 Å². The van der Waals surface area contributed by atoms with Gasteiger partial charge >= 0.3 is 0 Å². The maximum Gasteiger partial charge on any atom is 0.250 e. The molecule has 2 heterocycles. The molecular formula is C9H10F2N2O. The highest BCUT2D eigenvalue weighted by atomic mass is 19.1. The van der Waals surface area contributed by atoms with E-state index in [0.717, 1.165) is 25.2 Å². The first-order chi connectivity index (χ1) is 6.75. The second-order valence-electron chi connectivity index (χ2n) is 3.17. The standard InChI is InChI=1S/C9H10F2N2O/c10-6-3-8(11)9(13-4-6)14-7-1-2-12-5-7/h3-4,7,12H,1-2,5H2. The molecule has 1 saturated heterocycles. The minimum absolute atomic E-state index is 0.0672. The monoisotopic (exact) mass is 200 g/mol. The molecular weight excluding hydrogens is 190 g/mol. The lowest BCUT2D eigenvalue weighted by Crippen LogP contribution is -2.20. The maximum absolute atomic E-state index is 13.1. The van der Waals surface area contributed by atoms with Crippen LogP contribution < -0.4 is 10.1 Å². The van der Waals surface area contributed by atoms with Crippen LogP contribution in [-0.4, -0.2) is 24.2 Å². The molecule has 1 atom stereocenters. The highest BCUT2D eigenvalue weighted by molar-refractivity contribution is 5.14. The Labute approximate surface area is 80.1 Å². The fourth-order valence-electron chi connectivity index (χ4n) is 1.38. The van der Waals surface area contributed by atoms with Gasteiger partial charge in [0.15, 0.2) is 5.82 Å². The number of aromatic nitrogens is 1. The minimum atomic E-state index is -0.753. The molecule has 0 radical (unpaired) electrons. The summed E-state index contributed by atoms with van der Waals surface area (Å²) in [6, 6.07) is 0.769. The third-order valence-electron chi connectivity index (χ3n) is 2.07. The molecule has 1 aliphatic heterocycles. The molecule has 3 nitrogen and oxygen atoms in total. The van der Waals surface area contributed by atoms with Gasteiger partial charge in [-0.25, -0.2) is 13.8 Å². The molecule has 0 aliphatic carbocycles. The summed E-state index contributed by atoms with van der Waals surface area (Å²) in [5.74, 6) is -1.57. The van der Waals surface area contributed by atoms with Gasteiger partial charge in [-0.05, 0) is 13.0 Å². The molecule has 2 rings (SSSR count). The Morgan fingerprint density at radius 2 is 2.36 bits per heavy atom. The average Bonchev–Trinajstić information content (AvgIpc) is 2.62. The summed E-state index contributed by atoms with van der Waals surface area (Å²) < 4.78 is 30.8. The van der Waals surface area contributed by atoms with E-state index in [1.807, 2.05) is 0 Å². The van der Waals surface area contributed by atoms with Gasteiger partial charge in [0.1, 0.15) is 11.9 Å². The highest BCUT2D eigenvalue weighted by Crippen LogP contribution is 2.17. The van der Waals surface area contributed by atoms with Crippen LogP contribution in [0.3, 0.4) is 0 Å². The van der Waals surface area contributed by atoms with Crippen LogP contribution in [0.2, 0.25) is 0 Å². The van der Waals surface area contributed by atoms with Crippen LogP contribution in [0.5, 0.6) is 5.88 Å². The van der Waals surface area contributed by atoms with Crippen molar-refractivity contribution in [3.8, 4) is 5.88 Å². The second-order valence-corrected chi connectivity index (χ2v) is 3.17. The van der Waals surface area contributed by atoms with Gasteiger partial charge in [-0.1, -0.05) is 0 Å². The number of nitrogens with zero attached hydrogens (tertiary/aromatic N) is 1. The van der Waals surface area contributed by atoms with Crippen LogP contribution in [0.1, 0.15) is 6.42 Å². The minimum Gasteiger partial charge on any atom is -0.471 e. The first kappa shape index (κ1) is 9.33. The topological polar surface area (TPSA) is 34.1 Å². The van der Waals surface area contributed by atoms with Crippen LogP contribution in [0.4, 0.5) is 8.78 Å². The molecule has 1 N–H and O–H groups in total. The Bertz CT molecular complexity index is 327. The number of hydrogen-bond acceptors (Lipinski definition) is 3. The highest BCUT2D eigenvalue weighted by Gasteiger charge is 2.18. The van der Waals surface area contributed by atoms with Crippen LogP contribution in [0, 0.1) is 11.6 Å². The summed E-state index contributed by atoms with van der Waals surface area (Å²) in [4.78, 5) is 3.54. The molecule has 1 fully saturated rings. The van der Waals surface area contributed by atoms with Gasteiger partial charge in [-0.2, -0.15) is 0 Å². The fraction of sp³-hybridized carbons (Fsp3) is 0.444. The number of hydrogen-bond donors (Lipinski definition) is 1. The summed E-state index contributed by atoms with van der Waals surface area (Å²) in [5.41, 5.74) is 0. The van der Waals surface area contributed by atoms with E-state index >= 15 is 0 Å². The van der Waals surface area contributed by atoms with Gasteiger partial charge in [-0.3, -0.25) is 0 Å². The van der Waals surface area contributed by atoms with Crippen molar-refractivity contribution in [1.82, 2.24) is 10.3 Å². The molecule has 5 heteroatoms. The third kappa shape index (κ3) is 1.98. The summed E-state index contributed by atoms with van der Waals surface area (Å²) in [6.07, 6.45) is 1.70. The lowest BCUT2D eigenvalue weighted by molar-refractivity contribution is 0.202. The normalized spacial score (nSPS) is 21.1. The summed E-state index contributed by atoms with van der Waals surface area (Å²) in [5, 5.41) is 3.07. The SMILES string of the molecule is Fc1cnc(OC2CCNC2)c(F)c1. The number of pyridine rings is 1. The largest absolute Gasteiger partial charge is 0.471 e. The lowest BCUT2D eigenvalue weighted by Gasteiger charge is -2.11. The van der Waals surface area contributed by atoms with Crippen molar-refractivity contribution in [3.05, 3.63) is 23.9 Å². The van der Waals surface area contributed by atoms with Crippen molar-refractivity contribution in [3.63, 3.8) is 0 Å². The van der Waals surface area contributed by atoms with Gasteiger partial charge in [0.2, 0.25) is 0 Å². The Balaban J connectivity index is 2.08. The van der Waals surface area contributed by atoms with Gasteiger partial charge in [0.05, 0.1) is 6.20 Å². The maximum atomic E-state index is 13.1. The quantitative estimate of drug-likeness (QED) is 0.776. The Kier molecular flexibility index (Phi) is 2.58. The molecule has 14 heavy (non-hydrogen) atoms. The first-order valence-corrected chi connectivity index (χ1v) is 4.44. The molecule has 1 aliphatic rings. The zero-order valence-corrected chi connectivity index (χ0v) is 7.46. The Morgan fingerprint density at radius 3 is 3.00 bits per heavy atom. The summed E-state index contributed by atoms with van der Waals surface area (Å²) in [7, 11) is 0. The number of ether oxygens (including phenoxy) is 1. The van der Waals surface area contributed by atoms with E-state index in [1.54, 1.807) is 0 Å². The number of halogens is 2. The van der Waals surface area contributed by atoms with Crippen molar-refractivity contribution in [2.45, 2.75) is 12.5 Å². The van der Waals surface area contributed by atoms with E-state index < -0.39 is 11.6 Å². The van der Waals surface area contributed by atoms with Gasteiger partial charge in [0, 0.05) is 12.6 Å². The van der Waals surface area contributed by atoms with Crippen LogP contribution >= 0.6 is 0 Å². The summed E-state index contributed by atoms with van der Waals surface area (Å²) in [6.45, 7) is 1.53. The van der Waals surface area contributed by atoms with E-state index in [2.05, 4.69) is 10.3 Å². The smallest absolute Gasteiger partial charge is 0.250 e. The van der Waals surface area contributed by atoms with E-state index in [0.29, 0.717) is 6.54 Å². The van der Waals surface area contributed by atoms with Crippen molar-refractivity contribution in [2.75, 3.05) is 13.1 Å². The van der Waals surface area contributed by atoms with Gasteiger partial charge < -0.3 is 10.1 Å². The van der Waals surface area contributed by atoms with Crippen LogP contribution in [0.25, 0.3) is 0 Å². The first-order valence-electron chi connectivity index (χ1n) is 4.44. The fourth-order valence-corrected chi connectivity index (χ4v) is 1.38. The van der Waals surface area contributed by atoms with Gasteiger partial charge in [0.25, 0.3) is 5.88 Å². The van der Waals surface area contributed by atoms with Crippen LogP contribution in [0.15, 0.2) is 12.3 Å². The van der Waals surface area contributed by atoms with E-state index in [1.165, 1.54) is 0 Å². The van der Waals surface area contributed by atoms with E-state index in [-0.39, 0.29) is 12.0 Å². The predicted octanol–water partition coefficient (Wildman–Crippen LogP) is 1.10. The van der Waals surface area contributed by atoms with Gasteiger partial charge in [-0.15, -0.1) is 0 Å². The van der Waals surface area contributed by atoms with Crippen LogP contribution in [-0.2, 0) is 0 Å². The molecule has 1 unspecified atom stereocenters. The zero-order chi connectivity index (χ0) is 9.97. The average molecular weight is 200 g/mol. The zero-order valence-electron chi connectivity index (χ0n) is 7.46. The molecule has 0 amide bonds. The van der Waals surface area contributed by atoms with E-state index in [9.17, 15) is 8.78 Å². The van der Waals surface area contributed by atoms with E-state index in [4.69, 9.17) is 4.74 Å². The van der Waals surface area contributed by atoms with Crippen molar-refractivity contribution >= 4 is 0 Å². The molecule has 0 bridgehead atoms. The third-order valence-corrected chi connectivity index (χ3v) is 2.07. The Hall–Kier alpha value is -1.23. The predicted molar refractivity (Wildman–Crippen MR) is 46.1 cm³/mol. The molecule has 0 spiro atoms. The molecule has 0 aromatic carbocycles. The van der Waals surface area contributed by atoms with Crippen molar-refractivity contribution < 1.29 is 13.5 Å². The lowest BCUT2D eigenvalue weighted by atomic mass is 10.3. The Morgan fingerprint density at radius 1 is 1.50 bits per heavy atom. The molecule has 1 aromatic rings. The van der Waals surface area contributed by atoms with Crippen molar-refractivity contribution in [1.29, 1.82) is 0 Å². The molecule has 1 aromatic heterocycles. The number of rotatable bonds is 2. The number of nitrogens with one attached hydrogen (secondary N) is 1. The molecule has 76 valence electrons.